The van der Waals surface area contributed by atoms with Crippen LogP contribution in [0.3, 0.4) is 0 Å². The van der Waals surface area contributed by atoms with Crippen LogP contribution in [0.15, 0.2) is 29.0 Å². The van der Waals surface area contributed by atoms with Gasteiger partial charge in [0.1, 0.15) is 18.7 Å². The predicted molar refractivity (Wildman–Crippen MR) is 68.9 cm³/mol. The molecule has 5 heteroatoms. The number of ether oxygens (including phenoxy) is 1. The Morgan fingerprint density at radius 3 is 2.94 bits per heavy atom. The molecule has 90 valence electrons. The van der Waals surface area contributed by atoms with E-state index in [1.165, 1.54) is 0 Å². The number of rotatable bonds is 4. The maximum absolute atomic E-state index is 5.68. The summed E-state index contributed by atoms with van der Waals surface area (Å²) in [6.45, 7) is 5.31. The Morgan fingerprint density at radius 1 is 1.41 bits per heavy atom. The summed E-state index contributed by atoms with van der Waals surface area (Å²) >= 11 is 3.46. The van der Waals surface area contributed by atoms with Crippen molar-refractivity contribution in [2.75, 3.05) is 0 Å². The highest BCUT2D eigenvalue weighted by Gasteiger charge is 2.04. The van der Waals surface area contributed by atoms with Crippen LogP contribution in [0.5, 0.6) is 5.75 Å². The van der Waals surface area contributed by atoms with E-state index in [1.54, 1.807) is 6.33 Å². The van der Waals surface area contributed by atoms with Gasteiger partial charge < -0.3 is 4.74 Å². The molecular weight excluding hydrogens is 282 g/mol. The van der Waals surface area contributed by atoms with Gasteiger partial charge in [0, 0.05) is 11.0 Å². The van der Waals surface area contributed by atoms with E-state index in [0.29, 0.717) is 6.61 Å². The summed E-state index contributed by atoms with van der Waals surface area (Å²) in [7, 11) is 0. The number of aryl methyl sites for hydroxylation is 2. The third kappa shape index (κ3) is 2.85. The second-order valence-electron chi connectivity index (χ2n) is 3.69. The number of nitrogens with zero attached hydrogens (tertiary/aromatic N) is 3. The fourth-order valence-corrected chi connectivity index (χ4v) is 1.77. The van der Waals surface area contributed by atoms with Gasteiger partial charge in [-0.2, -0.15) is 5.10 Å². The van der Waals surface area contributed by atoms with Crippen molar-refractivity contribution in [3.63, 3.8) is 0 Å². The first-order valence-electron chi connectivity index (χ1n) is 5.46. The summed E-state index contributed by atoms with van der Waals surface area (Å²) in [5, 5.41) is 4.10. The third-order valence-corrected chi connectivity index (χ3v) is 3.38. The van der Waals surface area contributed by atoms with Crippen molar-refractivity contribution in [2.45, 2.75) is 27.0 Å². The lowest BCUT2D eigenvalue weighted by Gasteiger charge is -2.07. The van der Waals surface area contributed by atoms with Crippen molar-refractivity contribution in [1.82, 2.24) is 14.8 Å². The molecular formula is C12H14BrN3O. The molecule has 0 unspecified atom stereocenters. The van der Waals surface area contributed by atoms with Crippen molar-refractivity contribution >= 4 is 15.9 Å². The largest absolute Gasteiger partial charge is 0.486 e. The van der Waals surface area contributed by atoms with Crippen LogP contribution in [0.4, 0.5) is 0 Å². The first-order valence-corrected chi connectivity index (χ1v) is 6.25. The van der Waals surface area contributed by atoms with Gasteiger partial charge in [-0.15, -0.1) is 0 Å². The van der Waals surface area contributed by atoms with Crippen LogP contribution in [0.2, 0.25) is 0 Å². The Balaban J connectivity index is 2.05. The minimum absolute atomic E-state index is 0.439. The molecule has 1 aromatic heterocycles. The number of hydrogen-bond acceptors (Lipinski definition) is 3. The van der Waals surface area contributed by atoms with Crippen LogP contribution in [0.25, 0.3) is 0 Å². The van der Waals surface area contributed by atoms with E-state index in [9.17, 15) is 0 Å². The molecule has 2 rings (SSSR count). The van der Waals surface area contributed by atoms with Crippen LogP contribution in [-0.4, -0.2) is 14.8 Å². The van der Waals surface area contributed by atoms with Crippen LogP contribution in [0.1, 0.15) is 18.3 Å². The number of halogens is 1. The maximum atomic E-state index is 5.68. The van der Waals surface area contributed by atoms with Crippen molar-refractivity contribution in [2.24, 2.45) is 0 Å². The fraction of sp³-hybridized carbons (Fsp3) is 0.333. The highest BCUT2D eigenvalue weighted by atomic mass is 79.9. The summed E-state index contributed by atoms with van der Waals surface area (Å²) in [5.41, 5.74) is 1.15. The maximum Gasteiger partial charge on any atom is 0.164 e. The Morgan fingerprint density at radius 2 is 2.24 bits per heavy atom. The number of benzene rings is 1. The van der Waals surface area contributed by atoms with Crippen LogP contribution < -0.4 is 4.74 Å². The molecule has 0 atom stereocenters. The van der Waals surface area contributed by atoms with Gasteiger partial charge in [-0.25, -0.2) is 9.67 Å². The number of aromatic nitrogens is 3. The normalized spacial score (nSPS) is 10.5. The SMILES string of the molecule is CCn1ncnc1COc1ccc(Br)c(C)c1. The molecule has 1 heterocycles. The third-order valence-electron chi connectivity index (χ3n) is 2.49. The Bertz CT molecular complexity index is 510. The van der Waals surface area contributed by atoms with E-state index < -0.39 is 0 Å². The quantitative estimate of drug-likeness (QED) is 0.871. The first kappa shape index (κ1) is 12.1. The molecule has 0 aliphatic rings. The van der Waals surface area contributed by atoms with Gasteiger partial charge in [0.2, 0.25) is 0 Å². The van der Waals surface area contributed by atoms with Crippen molar-refractivity contribution in [3.05, 3.63) is 40.4 Å². The molecule has 0 amide bonds. The average molecular weight is 296 g/mol. The van der Waals surface area contributed by atoms with Gasteiger partial charge in [-0.1, -0.05) is 15.9 Å². The molecule has 17 heavy (non-hydrogen) atoms. The molecule has 1 aromatic carbocycles. The van der Waals surface area contributed by atoms with Crippen LogP contribution in [0, 0.1) is 6.92 Å². The van der Waals surface area contributed by atoms with Crippen molar-refractivity contribution < 1.29 is 4.74 Å². The smallest absolute Gasteiger partial charge is 0.164 e. The second kappa shape index (κ2) is 5.31. The molecule has 0 fully saturated rings. The molecule has 0 aliphatic heterocycles. The molecule has 0 spiro atoms. The highest BCUT2D eigenvalue weighted by molar-refractivity contribution is 9.10. The zero-order valence-electron chi connectivity index (χ0n) is 9.85. The molecule has 0 radical (unpaired) electrons. The molecule has 0 bridgehead atoms. The van der Waals surface area contributed by atoms with Gasteiger partial charge in [0.05, 0.1) is 0 Å². The minimum atomic E-state index is 0.439. The Kier molecular flexibility index (Phi) is 3.78. The minimum Gasteiger partial charge on any atom is -0.486 e. The zero-order chi connectivity index (χ0) is 12.3. The summed E-state index contributed by atoms with van der Waals surface area (Å²) in [6, 6.07) is 5.91. The van der Waals surface area contributed by atoms with E-state index in [4.69, 9.17) is 4.74 Å². The summed E-state index contributed by atoms with van der Waals surface area (Å²) < 4.78 is 8.59. The van der Waals surface area contributed by atoms with E-state index in [2.05, 4.69) is 26.0 Å². The van der Waals surface area contributed by atoms with Gasteiger partial charge in [-0.05, 0) is 37.6 Å². The van der Waals surface area contributed by atoms with Crippen LogP contribution in [-0.2, 0) is 13.2 Å². The fourth-order valence-electron chi connectivity index (χ4n) is 1.52. The lowest BCUT2D eigenvalue weighted by Crippen LogP contribution is -2.07. The van der Waals surface area contributed by atoms with E-state index in [-0.39, 0.29) is 0 Å². The first-order chi connectivity index (χ1) is 8.20. The highest BCUT2D eigenvalue weighted by Crippen LogP contribution is 2.22. The molecule has 0 N–H and O–H groups in total. The van der Waals surface area contributed by atoms with Gasteiger partial charge in [0.25, 0.3) is 0 Å². The number of hydrogen-bond donors (Lipinski definition) is 0. The predicted octanol–water partition coefficient (Wildman–Crippen LogP) is 2.95. The zero-order valence-corrected chi connectivity index (χ0v) is 11.4. The van der Waals surface area contributed by atoms with Crippen molar-refractivity contribution in [3.8, 4) is 5.75 Å². The molecule has 0 aliphatic carbocycles. The Hall–Kier alpha value is -1.36. The standard InChI is InChI=1S/C12H14BrN3O/c1-3-16-12(14-8-15-16)7-17-10-4-5-11(13)9(2)6-10/h4-6,8H,3,7H2,1-2H3. The van der Waals surface area contributed by atoms with Crippen molar-refractivity contribution in [1.29, 1.82) is 0 Å². The van der Waals surface area contributed by atoms with E-state index in [0.717, 1.165) is 28.2 Å². The molecule has 4 nitrogen and oxygen atoms in total. The lowest BCUT2D eigenvalue weighted by atomic mass is 10.2. The van der Waals surface area contributed by atoms with Gasteiger partial charge in [-0.3, -0.25) is 0 Å². The molecule has 0 saturated heterocycles. The van der Waals surface area contributed by atoms with Crippen LogP contribution >= 0.6 is 15.9 Å². The van der Waals surface area contributed by atoms with Gasteiger partial charge in [0.15, 0.2) is 5.82 Å². The summed E-state index contributed by atoms with van der Waals surface area (Å²) in [4.78, 5) is 4.16. The molecule has 0 saturated carbocycles. The summed E-state index contributed by atoms with van der Waals surface area (Å²) in [5.74, 6) is 1.68. The molecule has 2 aromatic rings. The topological polar surface area (TPSA) is 39.9 Å². The van der Waals surface area contributed by atoms with E-state index >= 15 is 0 Å². The average Bonchev–Trinajstić information content (AvgIpc) is 2.78. The monoisotopic (exact) mass is 295 g/mol. The van der Waals surface area contributed by atoms with Gasteiger partial charge >= 0.3 is 0 Å². The Labute approximate surface area is 109 Å². The van der Waals surface area contributed by atoms with E-state index in [1.807, 2.05) is 36.7 Å². The summed E-state index contributed by atoms with van der Waals surface area (Å²) in [6.07, 6.45) is 1.55. The second-order valence-corrected chi connectivity index (χ2v) is 4.55. The lowest BCUT2D eigenvalue weighted by molar-refractivity contribution is 0.287.